The van der Waals surface area contributed by atoms with E-state index in [1.165, 1.54) is 0 Å². The van der Waals surface area contributed by atoms with Crippen molar-refractivity contribution in [1.82, 2.24) is 10.3 Å². The van der Waals surface area contributed by atoms with Crippen molar-refractivity contribution in [3.63, 3.8) is 0 Å². The molecule has 0 fully saturated rings. The van der Waals surface area contributed by atoms with Gasteiger partial charge in [0, 0.05) is 12.2 Å². The fraction of sp³-hybridized carbons (Fsp3) is 0.583. The van der Waals surface area contributed by atoms with Gasteiger partial charge in [0.05, 0.1) is 11.8 Å². The molecule has 0 spiro atoms. The fourth-order valence-corrected chi connectivity index (χ4v) is 1.31. The van der Waals surface area contributed by atoms with Crippen molar-refractivity contribution in [1.29, 1.82) is 0 Å². The van der Waals surface area contributed by atoms with Crippen molar-refractivity contribution >= 4 is 0 Å². The molecule has 4 heteroatoms. The zero-order chi connectivity index (χ0) is 12.0. The van der Waals surface area contributed by atoms with Gasteiger partial charge in [-0.15, -0.1) is 0 Å². The minimum atomic E-state index is -0.465. The summed E-state index contributed by atoms with van der Waals surface area (Å²) in [6.07, 6.45) is -0.465. The van der Waals surface area contributed by atoms with E-state index < -0.39 is 6.10 Å². The predicted molar refractivity (Wildman–Crippen MR) is 63.5 cm³/mol. The lowest BCUT2D eigenvalue weighted by molar-refractivity contribution is 0.121. The third-order valence-electron chi connectivity index (χ3n) is 2.09. The van der Waals surface area contributed by atoms with E-state index in [1.54, 1.807) is 6.92 Å². The molecule has 1 rings (SSSR count). The van der Waals surface area contributed by atoms with Crippen LogP contribution in [0.5, 0.6) is 5.75 Å². The smallest absolute Gasteiger partial charge is 0.142 e. The van der Waals surface area contributed by atoms with E-state index in [0.29, 0.717) is 13.2 Å². The number of pyridine rings is 1. The number of aryl methyl sites for hydroxylation is 1. The van der Waals surface area contributed by atoms with Crippen LogP contribution in [0.4, 0.5) is 0 Å². The van der Waals surface area contributed by atoms with Gasteiger partial charge in [0.1, 0.15) is 12.4 Å². The molecule has 1 unspecified atom stereocenters. The van der Waals surface area contributed by atoms with Gasteiger partial charge in [-0.3, -0.25) is 4.98 Å². The molecule has 4 nitrogen and oxygen atoms in total. The Morgan fingerprint density at radius 2 is 2.25 bits per heavy atom. The highest BCUT2D eigenvalue weighted by Crippen LogP contribution is 2.17. The quantitative estimate of drug-likeness (QED) is 0.764. The Labute approximate surface area is 96.7 Å². The Hall–Kier alpha value is -1.13. The van der Waals surface area contributed by atoms with E-state index in [2.05, 4.69) is 10.3 Å². The van der Waals surface area contributed by atoms with Crippen LogP contribution in [0.15, 0.2) is 12.1 Å². The van der Waals surface area contributed by atoms with Crippen molar-refractivity contribution in [2.24, 2.45) is 0 Å². The normalized spacial score (nSPS) is 12.5. The molecule has 1 atom stereocenters. The second-order valence-corrected chi connectivity index (χ2v) is 3.84. The minimum Gasteiger partial charge on any atom is -0.489 e. The first-order chi connectivity index (χ1) is 7.63. The summed E-state index contributed by atoms with van der Waals surface area (Å²) < 4.78 is 5.50. The van der Waals surface area contributed by atoms with Gasteiger partial charge >= 0.3 is 0 Å². The number of aliphatic hydroxyl groups is 1. The standard InChI is InChI=1S/C12H20N2O2/c1-4-13-7-11-12(16-8-10(3)15)6-5-9(2)14-11/h5-6,10,13,15H,4,7-8H2,1-3H3. The van der Waals surface area contributed by atoms with Crippen LogP contribution in [0.25, 0.3) is 0 Å². The lowest BCUT2D eigenvalue weighted by Crippen LogP contribution is -2.17. The third-order valence-corrected chi connectivity index (χ3v) is 2.09. The molecule has 1 heterocycles. The summed E-state index contributed by atoms with van der Waals surface area (Å²) in [5.41, 5.74) is 1.86. The highest BCUT2D eigenvalue weighted by molar-refractivity contribution is 5.29. The average Bonchev–Trinajstić information content (AvgIpc) is 2.24. The van der Waals surface area contributed by atoms with Crippen LogP contribution >= 0.6 is 0 Å². The monoisotopic (exact) mass is 224 g/mol. The maximum Gasteiger partial charge on any atom is 0.142 e. The summed E-state index contributed by atoms with van der Waals surface area (Å²) in [7, 11) is 0. The van der Waals surface area contributed by atoms with E-state index in [0.717, 1.165) is 23.7 Å². The molecule has 16 heavy (non-hydrogen) atoms. The lowest BCUT2D eigenvalue weighted by atomic mass is 10.2. The number of hydrogen-bond donors (Lipinski definition) is 2. The summed E-state index contributed by atoms with van der Waals surface area (Å²) in [5, 5.41) is 12.4. The van der Waals surface area contributed by atoms with Gasteiger partial charge in [-0.1, -0.05) is 6.92 Å². The largest absolute Gasteiger partial charge is 0.489 e. The first-order valence-electron chi connectivity index (χ1n) is 5.61. The highest BCUT2D eigenvalue weighted by Gasteiger charge is 2.06. The van der Waals surface area contributed by atoms with Crippen molar-refractivity contribution in [3.8, 4) is 5.75 Å². The van der Waals surface area contributed by atoms with Gasteiger partial charge in [-0.05, 0) is 32.5 Å². The summed E-state index contributed by atoms with van der Waals surface area (Å²) in [6, 6.07) is 3.81. The van der Waals surface area contributed by atoms with E-state index in [-0.39, 0.29) is 0 Å². The number of aliphatic hydroxyl groups excluding tert-OH is 1. The number of nitrogens with one attached hydrogen (secondary N) is 1. The van der Waals surface area contributed by atoms with Crippen molar-refractivity contribution in [2.75, 3.05) is 13.2 Å². The lowest BCUT2D eigenvalue weighted by Gasteiger charge is -2.12. The molecule has 1 aromatic rings. The summed E-state index contributed by atoms with van der Waals surface area (Å²) in [5.74, 6) is 0.743. The summed E-state index contributed by atoms with van der Waals surface area (Å²) in [6.45, 7) is 7.58. The number of aromatic nitrogens is 1. The predicted octanol–water partition coefficient (Wildman–Crippen LogP) is 1.26. The van der Waals surface area contributed by atoms with Gasteiger partial charge in [-0.25, -0.2) is 0 Å². The molecule has 0 aliphatic heterocycles. The topological polar surface area (TPSA) is 54.4 Å². The first kappa shape index (κ1) is 12.9. The Morgan fingerprint density at radius 1 is 1.50 bits per heavy atom. The van der Waals surface area contributed by atoms with E-state index >= 15 is 0 Å². The SMILES string of the molecule is CCNCc1nc(C)ccc1OCC(C)O. The Morgan fingerprint density at radius 3 is 2.88 bits per heavy atom. The molecule has 0 aliphatic rings. The molecular weight excluding hydrogens is 204 g/mol. The van der Waals surface area contributed by atoms with Crippen LogP contribution in [-0.2, 0) is 6.54 Å². The molecule has 0 amide bonds. The maximum atomic E-state index is 9.17. The van der Waals surface area contributed by atoms with Crippen LogP contribution in [0, 0.1) is 6.92 Å². The summed E-state index contributed by atoms with van der Waals surface area (Å²) >= 11 is 0. The zero-order valence-electron chi connectivity index (χ0n) is 10.2. The Balaban J connectivity index is 2.72. The highest BCUT2D eigenvalue weighted by atomic mass is 16.5. The fourth-order valence-electron chi connectivity index (χ4n) is 1.31. The third kappa shape index (κ3) is 4.16. The van der Waals surface area contributed by atoms with Crippen molar-refractivity contribution in [3.05, 3.63) is 23.5 Å². The molecule has 0 aromatic carbocycles. The number of hydrogen-bond acceptors (Lipinski definition) is 4. The Kier molecular flexibility index (Phi) is 5.22. The van der Waals surface area contributed by atoms with Crippen molar-refractivity contribution in [2.45, 2.75) is 33.4 Å². The van der Waals surface area contributed by atoms with Gasteiger partial charge in [0.15, 0.2) is 0 Å². The average molecular weight is 224 g/mol. The zero-order valence-corrected chi connectivity index (χ0v) is 10.2. The van der Waals surface area contributed by atoms with E-state index in [9.17, 15) is 5.11 Å². The molecule has 1 aromatic heterocycles. The molecule has 0 radical (unpaired) electrons. The van der Waals surface area contributed by atoms with Gasteiger partial charge in [0.2, 0.25) is 0 Å². The minimum absolute atomic E-state index is 0.296. The van der Waals surface area contributed by atoms with E-state index in [4.69, 9.17) is 4.74 Å². The Bertz CT molecular complexity index is 327. The second kappa shape index (κ2) is 6.45. The molecule has 0 bridgehead atoms. The molecule has 0 aliphatic carbocycles. The molecule has 90 valence electrons. The first-order valence-corrected chi connectivity index (χ1v) is 5.61. The molecule has 0 saturated carbocycles. The molecule has 0 saturated heterocycles. The van der Waals surface area contributed by atoms with Gasteiger partial charge < -0.3 is 15.2 Å². The van der Waals surface area contributed by atoms with Crippen LogP contribution in [0.2, 0.25) is 0 Å². The van der Waals surface area contributed by atoms with Crippen LogP contribution in [0.3, 0.4) is 0 Å². The summed E-state index contributed by atoms with van der Waals surface area (Å²) in [4.78, 5) is 4.42. The van der Waals surface area contributed by atoms with Crippen LogP contribution in [-0.4, -0.2) is 29.3 Å². The van der Waals surface area contributed by atoms with Gasteiger partial charge in [-0.2, -0.15) is 0 Å². The van der Waals surface area contributed by atoms with Gasteiger partial charge in [0.25, 0.3) is 0 Å². The van der Waals surface area contributed by atoms with Crippen molar-refractivity contribution < 1.29 is 9.84 Å². The number of ether oxygens (including phenoxy) is 1. The second-order valence-electron chi connectivity index (χ2n) is 3.84. The van der Waals surface area contributed by atoms with Crippen LogP contribution < -0.4 is 10.1 Å². The number of rotatable bonds is 6. The number of nitrogens with zero attached hydrogens (tertiary/aromatic N) is 1. The molecular formula is C12H20N2O2. The van der Waals surface area contributed by atoms with E-state index in [1.807, 2.05) is 26.0 Å². The van der Waals surface area contributed by atoms with Crippen LogP contribution in [0.1, 0.15) is 25.2 Å². The molecule has 2 N–H and O–H groups in total. The maximum absolute atomic E-state index is 9.17.